The fourth-order valence-corrected chi connectivity index (χ4v) is 1.91. The zero-order valence-corrected chi connectivity index (χ0v) is 13.8. The van der Waals surface area contributed by atoms with E-state index in [1.54, 1.807) is 13.2 Å². The Bertz CT molecular complexity index is 446. The first-order valence-electron chi connectivity index (χ1n) is 6.02. The highest BCUT2D eigenvalue weighted by Crippen LogP contribution is 2.23. The zero-order chi connectivity index (χ0) is 14.5. The first-order valence-corrected chi connectivity index (χ1v) is 7.10. The van der Waals surface area contributed by atoms with E-state index in [0.717, 1.165) is 5.56 Å². The average molecular weight is 374 g/mol. The minimum absolute atomic E-state index is 0.249. The lowest BCUT2D eigenvalue weighted by Gasteiger charge is -2.20. The van der Waals surface area contributed by atoms with Gasteiger partial charge >= 0.3 is 5.97 Å². The lowest BCUT2D eigenvalue weighted by atomic mass is 10.1. The van der Waals surface area contributed by atoms with Crippen molar-refractivity contribution < 1.29 is 14.3 Å². The van der Waals surface area contributed by atoms with Crippen molar-refractivity contribution in [3.63, 3.8) is 0 Å². The quantitative estimate of drug-likeness (QED) is 0.454. The summed E-state index contributed by atoms with van der Waals surface area (Å²) < 4.78 is 11.2. The monoisotopic (exact) mass is 374 g/mol. The normalized spacial score (nSPS) is 14.1. The van der Waals surface area contributed by atoms with E-state index >= 15 is 0 Å². The van der Waals surface area contributed by atoms with Crippen molar-refractivity contribution >= 4 is 28.6 Å². The van der Waals surface area contributed by atoms with Crippen LogP contribution in [0.4, 0.5) is 0 Å². The Hall–Kier alpha value is -0.880. The maximum atomic E-state index is 11.9. The van der Waals surface area contributed by atoms with Gasteiger partial charge in [0.05, 0.1) is 3.58 Å². The summed E-state index contributed by atoms with van der Waals surface area (Å²) in [5.41, 5.74) is 0.513. The third-order valence-corrected chi connectivity index (χ3v) is 3.07. The maximum absolute atomic E-state index is 11.9. The lowest BCUT2D eigenvalue weighted by molar-refractivity contribution is -0.148. The molecule has 0 aliphatic rings. The second-order valence-corrected chi connectivity index (χ2v) is 6.25. The third-order valence-electron chi connectivity index (χ3n) is 2.27. The molecule has 0 saturated carbocycles. The molecule has 0 fully saturated rings. The van der Waals surface area contributed by atoms with Gasteiger partial charge in [-0.05, 0) is 55.0 Å². The molecule has 19 heavy (non-hydrogen) atoms. The molecule has 1 aromatic carbocycles. The molecule has 0 N–H and O–H groups in total. The second kappa shape index (κ2) is 7.05. The molecular weight excluding hydrogens is 355 g/mol. The highest BCUT2D eigenvalue weighted by Gasteiger charge is 2.19. The van der Waals surface area contributed by atoms with Crippen molar-refractivity contribution in [2.75, 3.05) is 7.11 Å². The SMILES string of the molecule is COC(/C=C(\I)C(=O)OC(C)(C)C)c1ccccc1. The molecule has 1 aromatic rings. The van der Waals surface area contributed by atoms with Gasteiger partial charge in [-0.25, -0.2) is 4.79 Å². The summed E-state index contributed by atoms with van der Waals surface area (Å²) in [4.78, 5) is 11.9. The first kappa shape index (κ1) is 16.2. The highest BCUT2D eigenvalue weighted by molar-refractivity contribution is 14.1. The molecule has 0 aliphatic carbocycles. The molecule has 1 unspecified atom stereocenters. The summed E-state index contributed by atoms with van der Waals surface area (Å²) in [6.07, 6.45) is 1.52. The van der Waals surface area contributed by atoms with Crippen LogP contribution < -0.4 is 0 Å². The average Bonchev–Trinajstić information content (AvgIpc) is 2.34. The molecule has 0 radical (unpaired) electrons. The van der Waals surface area contributed by atoms with Gasteiger partial charge in [0.1, 0.15) is 11.7 Å². The van der Waals surface area contributed by atoms with Crippen molar-refractivity contribution in [1.29, 1.82) is 0 Å². The van der Waals surface area contributed by atoms with Crippen molar-refractivity contribution in [2.45, 2.75) is 32.5 Å². The standard InChI is InChI=1S/C15H19IO3/c1-15(2,3)19-14(17)12(16)10-13(18-4)11-8-6-5-7-9-11/h5-10,13H,1-4H3/b12-10-. The van der Waals surface area contributed by atoms with Crippen molar-refractivity contribution in [3.05, 3.63) is 45.6 Å². The van der Waals surface area contributed by atoms with E-state index in [0.29, 0.717) is 3.58 Å². The first-order chi connectivity index (χ1) is 8.83. The molecular formula is C15H19IO3. The number of carbonyl (C=O) groups is 1. The largest absolute Gasteiger partial charge is 0.456 e. The van der Waals surface area contributed by atoms with Crippen molar-refractivity contribution in [3.8, 4) is 0 Å². The lowest BCUT2D eigenvalue weighted by Crippen LogP contribution is -2.24. The fourth-order valence-electron chi connectivity index (χ4n) is 1.47. The van der Waals surface area contributed by atoms with Crippen LogP contribution in [0, 0.1) is 0 Å². The Balaban J connectivity index is 2.84. The molecule has 0 aromatic heterocycles. The molecule has 0 aliphatic heterocycles. The summed E-state index contributed by atoms with van der Waals surface area (Å²) in [5, 5.41) is 0. The summed E-state index contributed by atoms with van der Waals surface area (Å²) >= 11 is 1.98. The minimum atomic E-state index is -0.489. The van der Waals surface area contributed by atoms with E-state index in [1.807, 2.05) is 73.7 Å². The molecule has 0 heterocycles. The number of ether oxygens (including phenoxy) is 2. The van der Waals surface area contributed by atoms with E-state index in [4.69, 9.17) is 9.47 Å². The van der Waals surface area contributed by atoms with Crippen LogP contribution in [0.1, 0.15) is 32.4 Å². The predicted molar refractivity (Wildman–Crippen MR) is 84.1 cm³/mol. The second-order valence-electron chi connectivity index (χ2n) is 5.08. The number of hydrogen-bond donors (Lipinski definition) is 0. The Morgan fingerprint density at radius 2 is 1.84 bits per heavy atom. The van der Waals surface area contributed by atoms with E-state index in [2.05, 4.69) is 0 Å². The molecule has 0 spiro atoms. The van der Waals surface area contributed by atoms with Gasteiger partial charge in [-0.3, -0.25) is 0 Å². The van der Waals surface area contributed by atoms with Crippen LogP contribution in [0.15, 0.2) is 40.0 Å². The molecule has 0 saturated heterocycles. The number of hydrogen-bond acceptors (Lipinski definition) is 3. The number of halogens is 1. The zero-order valence-electron chi connectivity index (χ0n) is 11.6. The van der Waals surface area contributed by atoms with Crippen molar-refractivity contribution in [2.24, 2.45) is 0 Å². The van der Waals surface area contributed by atoms with Gasteiger partial charge in [-0.15, -0.1) is 0 Å². The highest BCUT2D eigenvalue weighted by atomic mass is 127. The van der Waals surface area contributed by atoms with E-state index < -0.39 is 5.60 Å². The summed E-state index contributed by atoms with van der Waals surface area (Å²) in [7, 11) is 1.62. The number of rotatable bonds is 4. The topological polar surface area (TPSA) is 35.5 Å². The van der Waals surface area contributed by atoms with Crippen LogP contribution in [-0.2, 0) is 14.3 Å². The van der Waals surface area contributed by atoms with Gasteiger partial charge in [0, 0.05) is 7.11 Å². The van der Waals surface area contributed by atoms with Gasteiger partial charge < -0.3 is 9.47 Å². The smallest absolute Gasteiger partial charge is 0.344 e. The summed E-state index contributed by atoms with van der Waals surface area (Å²) in [6, 6.07) is 9.75. The molecule has 1 atom stereocenters. The van der Waals surface area contributed by atoms with Crippen LogP contribution in [-0.4, -0.2) is 18.7 Å². The Morgan fingerprint density at radius 1 is 1.26 bits per heavy atom. The molecule has 104 valence electrons. The Labute approximate surface area is 128 Å². The summed E-state index contributed by atoms with van der Waals surface area (Å²) in [6.45, 7) is 5.54. The van der Waals surface area contributed by atoms with Crippen LogP contribution in [0.5, 0.6) is 0 Å². The molecule has 4 heteroatoms. The minimum Gasteiger partial charge on any atom is -0.456 e. The molecule has 0 bridgehead atoms. The van der Waals surface area contributed by atoms with E-state index in [9.17, 15) is 4.79 Å². The van der Waals surface area contributed by atoms with Gasteiger partial charge in [-0.2, -0.15) is 0 Å². The van der Waals surface area contributed by atoms with Gasteiger partial charge in [0.15, 0.2) is 0 Å². The van der Waals surface area contributed by atoms with Gasteiger partial charge in [0.25, 0.3) is 0 Å². The summed E-state index contributed by atoms with van der Waals surface area (Å²) in [5.74, 6) is -0.328. The van der Waals surface area contributed by atoms with E-state index in [-0.39, 0.29) is 12.1 Å². The maximum Gasteiger partial charge on any atom is 0.344 e. The van der Waals surface area contributed by atoms with Gasteiger partial charge in [0.2, 0.25) is 0 Å². The Morgan fingerprint density at radius 3 is 2.32 bits per heavy atom. The van der Waals surface area contributed by atoms with Crippen LogP contribution in [0.2, 0.25) is 0 Å². The van der Waals surface area contributed by atoms with E-state index in [1.165, 1.54) is 0 Å². The third kappa shape index (κ3) is 5.74. The van der Waals surface area contributed by atoms with Crippen LogP contribution >= 0.6 is 22.6 Å². The fraction of sp³-hybridized carbons (Fsp3) is 0.400. The predicted octanol–water partition coefficient (Wildman–Crippen LogP) is 4.03. The van der Waals surface area contributed by atoms with Gasteiger partial charge in [-0.1, -0.05) is 30.3 Å². The Kier molecular flexibility index (Phi) is 6.00. The number of methoxy groups -OCH3 is 1. The number of benzene rings is 1. The molecule has 0 amide bonds. The van der Waals surface area contributed by atoms with Crippen LogP contribution in [0.25, 0.3) is 0 Å². The van der Waals surface area contributed by atoms with Crippen LogP contribution in [0.3, 0.4) is 0 Å². The number of esters is 1. The molecule has 1 rings (SSSR count). The number of carbonyl (C=O) groups excluding carboxylic acids is 1. The molecule has 3 nitrogen and oxygen atoms in total. The van der Waals surface area contributed by atoms with Crippen molar-refractivity contribution in [1.82, 2.24) is 0 Å².